The summed E-state index contributed by atoms with van der Waals surface area (Å²) in [4.78, 5) is 18.7. The summed E-state index contributed by atoms with van der Waals surface area (Å²) >= 11 is 0. The van der Waals surface area contributed by atoms with Crippen LogP contribution >= 0.6 is 24.0 Å². The summed E-state index contributed by atoms with van der Waals surface area (Å²) in [6.45, 7) is 6.65. The Morgan fingerprint density at radius 1 is 1.44 bits per heavy atom. The maximum absolute atomic E-state index is 12.0. The molecule has 1 aromatic rings. The van der Waals surface area contributed by atoms with E-state index in [0.717, 1.165) is 31.2 Å². The molecule has 2 aliphatic rings. The quantitative estimate of drug-likeness (QED) is 0.271. The number of furan rings is 1. The van der Waals surface area contributed by atoms with Crippen molar-refractivity contribution < 1.29 is 9.21 Å². The Morgan fingerprint density at radius 3 is 2.96 bits per heavy atom. The summed E-state index contributed by atoms with van der Waals surface area (Å²) in [5, 5.41) is 6.53. The summed E-state index contributed by atoms with van der Waals surface area (Å²) < 4.78 is 5.33. The van der Waals surface area contributed by atoms with Crippen LogP contribution in [0.4, 0.5) is 0 Å². The van der Waals surface area contributed by atoms with Gasteiger partial charge >= 0.3 is 0 Å². The van der Waals surface area contributed by atoms with Crippen molar-refractivity contribution in [3.05, 3.63) is 36.8 Å². The minimum absolute atomic E-state index is 0. The molecule has 138 valence electrons. The third-order valence-electron chi connectivity index (χ3n) is 4.39. The van der Waals surface area contributed by atoms with E-state index >= 15 is 0 Å². The molecule has 2 fully saturated rings. The highest BCUT2D eigenvalue weighted by molar-refractivity contribution is 14.0. The van der Waals surface area contributed by atoms with E-state index in [1.54, 1.807) is 12.3 Å². The maximum Gasteiger partial charge on any atom is 0.223 e. The van der Waals surface area contributed by atoms with E-state index in [9.17, 15) is 4.79 Å². The third-order valence-corrected chi connectivity index (χ3v) is 4.39. The number of hydrogen-bond donors (Lipinski definition) is 2. The lowest BCUT2D eigenvalue weighted by atomic mass is 10.1. The molecule has 1 saturated carbocycles. The molecule has 25 heavy (non-hydrogen) atoms. The number of guanidine groups is 1. The zero-order valence-corrected chi connectivity index (χ0v) is 16.8. The number of nitrogens with zero attached hydrogens (tertiary/aromatic N) is 2. The molecule has 3 rings (SSSR count). The first-order chi connectivity index (χ1) is 11.8. The molecule has 1 unspecified atom stereocenters. The molecule has 0 bridgehead atoms. The zero-order valence-electron chi connectivity index (χ0n) is 14.4. The second-order valence-corrected chi connectivity index (χ2v) is 6.46. The van der Waals surface area contributed by atoms with Gasteiger partial charge < -0.3 is 20.0 Å². The summed E-state index contributed by atoms with van der Waals surface area (Å²) in [6, 6.07) is 4.37. The number of carbonyl (C=O) groups excluding carboxylic acids is 1. The topological polar surface area (TPSA) is 69.9 Å². The third kappa shape index (κ3) is 6.05. The van der Waals surface area contributed by atoms with Crippen LogP contribution in [0, 0.1) is 5.92 Å². The van der Waals surface area contributed by atoms with Crippen molar-refractivity contribution in [2.24, 2.45) is 10.9 Å². The Balaban J connectivity index is 0.00000225. The van der Waals surface area contributed by atoms with Crippen molar-refractivity contribution in [1.29, 1.82) is 0 Å². The molecule has 2 N–H and O–H groups in total. The predicted molar refractivity (Wildman–Crippen MR) is 109 cm³/mol. The number of rotatable bonds is 8. The Bertz CT molecular complexity index is 584. The number of nitrogens with one attached hydrogen (secondary N) is 2. The van der Waals surface area contributed by atoms with Crippen molar-refractivity contribution in [3.63, 3.8) is 0 Å². The lowest BCUT2D eigenvalue weighted by Gasteiger charge is -2.15. The van der Waals surface area contributed by atoms with E-state index in [4.69, 9.17) is 4.42 Å². The monoisotopic (exact) mass is 458 g/mol. The van der Waals surface area contributed by atoms with Crippen molar-refractivity contribution in [3.8, 4) is 0 Å². The zero-order chi connectivity index (χ0) is 16.8. The molecular formula is C18H27IN4O2. The van der Waals surface area contributed by atoms with Gasteiger partial charge in [-0.25, -0.2) is 0 Å². The SMILES string of the molecule is C=CCNC(=NCC1CC(=O)N(C2CC2)C1)NCCc1ccco1.I. The molecule has 1 aliphatic heterocycles. The normalized spacial score (nSPS) is 20.3. The van der Waals surface area contributed by atoms with Gasteiger partial charge in [-0.3, -0.25) is 9.79 Å². The van der Waals surface area contributed by atoms with Gasteiger partial charge in [0.25, 0.3) is 0 Å². The smallest absolute Gasteiger partial charge is 0.223 e. The standard InChI is InChI=1S/C18H26N4O2.HI/c1-2-8-19-18(20-9-7-16-4-3-10-24-16)21-12-14-11-17(23)22(13-14)15-5-6-15;/h2-4,10,14-15H,1,5-9,11-13H2,(H2,19,20,21);1H. The molecule has 0 spiro atoms. The minimum Gasteiger partial charge on any atom is -0.469 e. The number of likely N-dealkylation sites (tertiary alicyclic amines) is 1. The van der Waals surface area contributed by atoms with Crippen molar-refractivity contribution >= 4 is 35.8 Å². The second kappa shape index (κ2) is 9.84. The average Bonchev–Trinajstić information content (AvgIpc) is 3.15. The molecule has 7 heteroatoms. The molecule has 1 amide bonds. The molecule has 2 heterocycles. The van der Waals surface area contributed by atoms with Crippen LogP contribution in [0.5, 0.6) is 0 Å². The van der Waals surface area contributed by atoms with E-state index in [1.165, 1.54) is 12.8 Å². The van der Waals surface area contributed by atoms with Gasteiger partial charge in [0.15, 0.2) is 5.96 Å². The van der Waals surface area contributed by atoms with E-state index in [2.05, 4.69) is 22.2 Å². The highest BCUT2D eigenvalue weighted by atomic mass is 127. The van der Waals surface area contributed by atoms with Crippen LogP contribution in [0.15, 0.2) is 40.5 Å². The van der Waals surface area contributed by atoms with Crippen LogP contribution in [0.25, 0.3) is 0 Å². The number of halogens is 1. The molecule has 1 aliphatic carbocycles. The number of hydrogen-bond acceptors (Lipinski definition) is 3. The fraction of sp³-hybridized carbons (Fsp3) is 0.556. The van der Waals surface area contributed by atoms with Gasteiger partial charge in [-0.05, 0) is 25.0 Å². The lowest BCUT2D eigenvalue weighted by Crippen LogP contribution is -2.39. The summed E-state index contributed by atoms with van der Waals surface area (Å²) in [5.74, 6) is 2.33. The predicted octanol–water partition coefficient (Wildman–Crippen LogP) is 2.17. The van der Waals surface area contributed by atoms with Crippen LogP contribution in [0.1, 0.15) is 25.0 Å². The second-order valence-electron chi connectivity index (χ2n) is 6.46. The Kier molecular flexibility index (Phi) is 7.80. The van der Waals surface area contributed by atoms with Crippen LogP contribution in [0.3, 0.4) is 0 Å². The van der Waals surface area contributed by atoms with Gasteiger partial charge in [0, 0.05) is 51.0 Å². The molecule has 6 nitrogen and oxygen atoms in total. The minimum atomic E-state index is 0. The van der Waals surface area contributed by atoms with E-state index in [0.29, 0.717) is 37.4 Å². The largest absolute Gasteiger partial charge is 0.469 e. The fourth-order valence-electron chi connectivity index (χ4n) is 2.99. The molecule has 0 aromatic carbocycles. The lowest BCUT2D eigenvalue weighted by molar-refractivity contribution is -0.128. The van der Waals surface area contributed by atoms with Crippen LogP contribution in [0.2, 0.25) is 0 Å². The highest BCUT2D eigenvalue weighted by Crippen LogP contribution is 2.32. The van der Waals surface area contributed by atoms with Crippen molar-refractivity contribution in [1.82, 2.24) is 15.5 Å². The fourth-order valence-corrected chi connectivity index (χ4v) is 2.99. The van der Waals surface area contributed by atoms with Crippen molar-refractivity contribution in [2.45, 2.75) is 31.7 Å². The van der Waals surface area contributed by atoms with Crippen LogP contribution in [-0.4, -0.2) is 49.0 Å². The number of amides is 1. The molecule has 1 saturated heterocycles. The Morgan fingerprint density at radius 2 is 2.28 bits per heavy atom. The maximum atomic E-state index is 12.0. The Hall–Kier alpha value is -1.51. The Labute approximate surface area is 166 Å². The highest BCUT2D eigenvalue weighted by Gasteiger charge is 2.39. The van der Waals surface area contributed by atoms with E-state index in [-0.39, 0.29) is 24.0 Å². The van der Waals surface area contributed by atoms with Gasteiger partial charge in [-0.2, -0.15) is 0 Å². The number of carbonyl (C=O) groups is 1. The van der Waals surface area contributed by atoms with Gasteiger partial charge in [0.1, 0.15) is 5.76 Å². The summed E-state index contributed by atoms with van der Waals surface area (Å²) in [6.07, 6.45) is 7.26. The molecule has 1 atom stereocenters. The van der Waals surface area contributed by atoms with Gasteiger partial charge in [0.05, 0.1) is 6.26 Å². The first kappa shape index (κ1) is 19.8. The summed E-state index contributed by atoms with van der Waals surface area (Å²) in [7, 11) is 0. The van der Waals surface area contributed by atoms with Crippen molar-refractivity contribution in [2.75, 3.05) is 26.2 Å². The average molecular weight is 458 g/mol. The van der Waals surface area contributed by atoms with E-state index < -0.39 is 0 Å². The first-order valence-electron chi connectivity index (χ1n) is 8.71. The molecular weight excluding hydrogens is 431 g/mol. The summed E-state index contributed by atoms with van der Waals surface area (Å²) in [5.41, 5.74) is 0. The molecule has 1 aromatic heterocycles. The first-order valence-corrected chi connectivity index (χ1v) is 8.71. The molecule has 0 radical (unpaired) electrons. The van der Waals surface area contributed by atoms with Gasteiger partial charge in [0.2, 0.25) is 5.91 Å². The van der Waals surface area contributed by atoms with Crippen LogP contribution < -0.4 is 10.6 Å². The van der Waals surface area contributed by atoms with Gasteiger partial charge in [-0.1, -0.05) is 6.08 Å². The number of aliphatic imine (C=N–C) groups is 1. The van der Waals surface area contributed by atoms with E-state index in [1.807, 2.05) is 17.0 Å². The van der Waals surface area contributed by atoms with Crippen LogP contribution in [-0.2, 0) is 11.2 Å². The van der Waals surface area contributed by atoms with Gasteiger partial charge in [-0.15, -0.1) is 30.6 Å².